The summed E-state index contributed by atoms with van der Waals surface area (Å²) in [5, 5.41) is 3.88. The molecule has 3 rings (SSSR count). The standard InChI is InChI=1S/C20H27N5OS/c1-5-16-8-6-7-9-17(16)24-10-12-25(13-11-24)20(27)23-18-19(26-4)22-15(3)14(2)21-18/h6-9H,5,10-13H2,1-4H3,(H,21,23,27). The van der Waals surface area contributed by atoms with Gasteiger partial charge in [-0.3, -0.25) is 0 Å². The Hall–Kier alpha value is -2.41. The third-order valence-electron chi connectivity index (χ3n) is 4.97. The number of nitrogens with one attached hydrogen (secondary N) is 1. The Labute approximate surface area is 166 Å². The number of benzene rings is 1. The van der Waals surface area contributed by atoms with E-state index in [1.165, 1.54) is 11.3 Å². The van der Waals surface area contributed by atoms with Crippen LogP contribution in [0.1, 0.15) is 23.9 Å². The molecule has 1 N–H and O–H groups in total. The van der Waals surface area contributed by atoms with Gasteiger partial charge in [-0.25, -0.2) is 9.97 Å². The quantitative estimate of drug-likeness (QED) is 0.811. The maximum absolute atomic E-state index is 5.62. The van der Waals surface area contributed by atoms with E-state index in [9.17, 15) is 0 Å². The Morgan fingerprint density at radius 2 is 1.78 bits per heavy atom. The van der Waals surface area contributed by atoms with Crippen LogP contribution in [-0.4, -0.2) is 53.3 Å². The molecule has 0 bridgehead atoms. The first-order chi connectivity index (χ1) is 13.0. The van der Waals surface area contributed by atoms with Crippen LogP contribution < -0.4 is 15.0 Å². The highest BCUT2D eigenvalue weighted by Crippen LogP contribution is 2.24. The van der Waals surface area contributed by atoms with Gasteiger partial charge in [0.2, 0.25) is 0 Å². The predicted molar refractivity (Wildman–Crippen MR) is 114 cm³/mol. The van der Waals surface area contributed by atoms with E-state index in [0.29, 0.717) is 16.8 Å². The van der Waals surface area contributed by atoms with Crippen molar-refractivity contribution in [3.63, 3.8) is 0 Å². The minimum absolute atomic E-state index is 0.468. The van der Waals surface area contributed by atoms with Crippen LogP contribution in [0.2, 0.25) is 0 Å². The lowest BCUT2D eigenvalue weighted by molar-refractivity contribution is 0.387. The molecule has 0 unspecified atom stereocenters. The monoisotopic (exact) mass is 385 g/mol. The molecular weight excluding hydrogens is 358 g/mol. The third-order valence-corrected chi connectivity index (χ3v) is 5.33. The summed E-state index contributed by atoms with van der Waals surface area (Å²) in [5.74, 6) is 1.04. The molecule has 6 nitrogen and oxygen atoms in total. The van der Waals surface area contributed by atoms with E-state index in [1.54, 1.807) is 7.11 Å². The van der Waals surface area contributed by atoms with Gasteiger partial charge < -0.3 is 19.9 Å². The van der Waals surface area contributed by atoms with E-state index < -0.39 is 0 Å². The SMILES string of the molecule is CCc1ccccc1N1CCN(C(=S)Nc2nc(C)c(C)nc2OC)CC1. The van der Waals surface area contributed by atoms with Gasteiger partial charge in [0.1, 0.15) is 0 Å². The zero-order valence-electron chi connectivity index (χ0n) is 16.5. The highest BCUT2D eigenvalue weighted by atomic mass is 32.1. The number of aryl methyl sites for hydroxylation is 3. The van der Waals surface area contributed by atoms with E-state index >= 15 is 0 Å². The molecule has 0 radical (unpaired) electrons. The summed E-state index contributed by atoms with van der Waals surface area (Å²) in [6.07, 6.45) is 1.04. The first-order valence-electron chi connectivity index (χ1n) is 9.31. The average molecular weight is 386 g/mol. The minimum atomic E-state index is 0.468. The van der Waals surface area contributed by atoms with E-state index in [0.717, 1.165) is 44.0 Å². The smallest absolute Gasteiger partial charge is 0.257 e. The van der Waals surface area contributed by atoms with Crippen molar-refractivity contribution in [2.24, 2.45) is 0 Å². The summed E-state index contributed by atoms with van der Waals surface area (Å²) >= 11 is 5.62. The molecule has 144 valence electrons. The number of anilines is 2. The number of aromatic nitrogens is 2. The van der Waals surface area contributed by atoms with Gasteiger partial charge in [-0.1, -0.05) is 25.1 Å². The number of rotatable bonds is 4. The number of piperazine rings is 1. The summed E-state index contributed by atoms with van der Waals surface area (Å²) in [7, 11) is 1.59. The Morgan fingerprint density at radius 3 is 2.44 bits per heavy atom. The Balaban J connectivity index is 1.65. The lowest BCUT2D eigenvalue weighted by atomic mass is 10.1. The number of nitrogens with zero attached hydrogens (tertiary/aromatic N) is 4. The first kappa shape index (κ1) is 19.4. The van der Waals surface area contributed by atoms with Crippen molar-refractivity contribution >= 4 is 28.8 Å². The number of hydrogen-bond acceptors (Lipinski definition) is 5. The molecule has 27 heavy (non-hydrogen) atoms. The fourth-order valence-corrected chi connectivity index (χ4v) is 3.53. The van der Waals surface area contributed by atoms with Crippen LogP contribution in [0.5, 0.6) is 5.88 Å². The van der Waals surface area contributed by atoms with Crippen LogP contribution in [-0.2, 0) is 6.42 Å². The maximum Gasteiger partial charge on any atom is 0.257 e. The molecule has 7 heteroatoms. The highest BCUT2D eigenvalue weighted by molar-refractivity contribution is 7.80. The van der Waals surface area contributed by atoms with Crippen LogP contribution in [0.4, 0.5) is 11.5 Å². The minimum Gasteiger partial charge on any atom is -0.478 e. The molecule has 0 aliphatic carbocycles. The number of hydrogen-bond donors (Lipinski definition) is 1. The van der Waals surface area contributed by atoms with Crippen molar-refractivity contribution in [1.29, 1.82) is 0 Å². The van der Waals surface area contributed by atoms with Crippen LogP contribution in [0, 0.1) is 13.8 Å². The van der Waals surface area contributed by atoms with E-state index in [2.05, 4.69) is 56.3 Å². The number of methoxy groups -OCH3 is 1. The molecule has 1 fully saturated rings. The molecule has 0 saturated carbocycles. The lowest BCUT2D eigenvalue weighted by Crippen LogP contribution is -2.50. The summed E-state index contributed by atoms with van der Waals surface area (Å²) in [5.41, 5.74) is 4.44. The molecule has 1 aliphatic rings. The first-order valence-corrected chi connectivity index (χ1v) is 9.72. The largest absolute Gasteiger partial charge is 0.478 e. The van der Waals surface area contributed by atoms with Gasteiger partial charge >= 0.3 is 0 Å². The van der Waals surface area contributed by atoms with E-state index in [4.69, 9.17) is 17.0 Å². The molecule has 2 aromatic rings. The molecule has 0 amide bonds. The normalized spacial score (nSPS) is 14.2. The van der Waals surface area contributed by atoms with Gasteiger partial charge in [-0.05, 0) is 44.1 Å². The molecule has 1 aromatic carbocycles. The van der Waals surface area contributed by atoms with Crippen molar-refractivity contribution in [3.8, 4) is 5.88 Å². The third kappa shape index (κ3) is 4.30. The molecule has 1 aliphatic heterocycles. The predicted octanol–water partition coefficient (Wildman–Crippen LogP) is 3.18. The topological polar surface area (TPSA) is 53.5 Å². The van der Waals surface area contributed by atoms with Crippen LogP contribution in [0.15, 0.2) is 24.3 Å². The van der Waals surface area contributed by atoms with E-state index in [1.807, 2.05) is 13.8 Å². The fraction of sp³-hybridized carbons (Fsp3) is 0.450. The van der Waals surface area contributed by atoms with Crippen LogP contribution in [0.3, 0.4) is 0 Å². The van der Waals surface area contributed by atoms with E-state index in [-0.39, 0.29) is 0 Å². The molecular formula is C20H27N5OS. The number of thiocarbonyl (C=S) groups is 1. The van der Waals surface area contributed by atoms with Gasteiger partial charge in [-0.2, -0.15) is 0 Å². The van der Waals surface area contributed by atoms with Gasteiger partial charge in [0.15, 0.2) is 10.9 Å². The van der Waals surface area contributed by atoms with Crippen LogP contribution >= 0.6 is 12.2 Å². The zero-order valence-corrected chi connectivity index (χ0v) is 17.3. The lowest BCUT2D eigenvalue weighted by Gasteiger charge is -2.38. The molecule has 2 heterocycles. The summed E-state index contributed by atoms with van der Waals surface area (Å²) in [6, 6.07) is 8.63. The van der Waals surface area contributed by atoms with Crippen LogP contribution in [0.25, 0.3) is 0 Å². The molecule has 1 saturated heterocycles. The second kappa shape index (κ2) is 8.52. The van der Waals surface area contributed by atoms with Crippen molar-refractivity contribution in [2.45, 2.75) is 27.2 Å². The van der Waals surface area contributed by atoms with Crippen molar-refractivity contribution in [2.75, 3.05) is 43.5 Å². The van der Waals surface area contributed by atoms with Crippen molar-refractivity contribution in [1.82, 2.24) is 14.9 Å². The second-order valence-electron chi connectivity index (χ2n) is 6.64. The Bertz CT molecular complexity index is 818. The highest BCUT2D eigenvalue weighted by Gasteiger charge is 2.22. The molecule has 0 atom stereocenters. The van der Waals surface area contributed by atoms with Gasteiger partial charge in [0, 0.05) is 31.9 Å². The van der Waals surface area contributed by atoms with Crippen molar-refractivity contribution in [3.05, 3.63) is 41.2 Å². The summed E-state index contributed by atoms with van der Waals surface area (Å²) in [4.78, 5) is 13.6. The van der Waals surface area contributed by atoms with Gasteiger partial charge in [0.25, 0.3) is 5.88 Å². The zero-order chi connectivity index (χ0) is 19.4. The Morgan fingerprint density at radius 1 is 1.11 bits per heavy atom. The second-order valence-corrected chi connectivity index (χ2v) is 7.03. The number of ether oxygens (including phenoxy) is 1. The van der Waals surface area contributed by atoms with Gasteiger partial charge in [-0.15, -0.1) is 0 Å². The molecule has 0 spiro atoms. The summed E-state index contributed by atoms with van der Waals surface area (Å²) < 4.78 is 5.35. The van der Waals surface area contributed by atoms with Crippen molar-refractivity contribution < 1.29 is 4.74 Å². The fourth-order valence-electron chi connectivity index (χ4n) is 3.26. The average Bonchev–Trinajstić information content (AvgIpc) is 2.70. The maximum atomic E-state index is 5.62. The molecule has 1 aromatic heterocycles. The summed E-state index contributed by atoms with van der Waals surface area (Å²) in [6.45, 7) is 9.66. The van der Waals surface area contributed by atoms with Gasteiger partial charge in [0.05, 0.1) is 18.5 Å². The number of para-hydroxylation sites is 1. The Kier molecular flexibility index (Phi) is 6.11.